The summed E-state index contributed by atoms with van der Waals surface area (Å²) >= 11 is 0. The van der Waals surface area contributed by atoms with Crippen LogP contribution >= 0.6 is 0 Å². The van der Waals surface area contributed by atoms with Gasteiger partial charge in [0.25, 0.3) is 0 Å². The summed E-state index contributed by atoms with van der Waals surface area (Å²) < 4.78 is 56.2. The van der Waals surface area contributed by atoms with E-state index in [9.17, 15) is 17.6 Å². The molecule has 0 aliphatic carbocycles. The minimum atomic E-state index is -3.49. The zero-order chi connectivity index (χ0) is 32.1. The van der Waals surface area contributed by atoms with Crippen LogP contribution in [0.5, 0.6) is 0 Å². The molecular weight excluding hydrogens is 604 g/mol. The van der Waals surface area contributed by atoms with Gasteiger partial charge in [0.2, 0.25) is 15.9 Å². The van der Waals surface area contributed by atoms with E-state index in [0.29, 0.717) is 44.6 Å². The number of anilines is 1. The molecule has 1 amide bonds. The van der Waals surface area contributed by atoms with Gasteiger partial charge in [-0.05, 0) is 35.9 Å². The maximum absolute atomic E-state index is 16.2. The third-order valence-corrected chi connectivity index (χ3v) is 7.56. The van der Waals surface area contributed by atoms with Crippen molar-refractivity contribution in [2.75, 3.05) is 11.6 Å². The fourth-order valence-electron chi connectivity index (χ4n) is 4.67. The number of benzene rings is 1. The molecule has 0 bridgehead atoms. The van der Waals surface area contributed by atoms with Crippen LogP contribution in [0.3, 0.4) is 0 Å². The summed E-state index contributed by atoms with van der Waals surface area (Å²) in [5.74, 6) is -1.25. The predicted octanol–water partition coefficient (Wildman–Crippen LogP) is 4.94. The Bertz CT molecular complexity index is 2220. The fourth-order valence-corrected chi connectivity index (χ4v) is 5.10. The van der Waals surface area contributed by atoms with Gasteiger partial charge in [-0.2, -0.15) is 5.10 Å². The average molecular weight is 632 g/mol. The number of hydrogen-bond acceptors (Lipinski definition) is 8. The van der Waals surface area contributed by atoms with Gasteiger partial charge in [-0.15, -0.1) is 0 Å². The zero-order valence-corrected chi connectivity index (χ0v) is 25.3. The van der Waals surface area contributed by atoms with E-state index in [1.807, 2.05) is 0 Å². The van der Waals surface area contributed by atoms with E-state index in [1.165, 1.54) is 36.9 Å². The number of amides is 1. The number of rotatable bonds is 7. The predicted molar refractivity (Wildman–Crippen MR) is 165 cm³/mol. The first kappa shape index (κ1) is 29.9. The topological polar surface area (TPSA) is 171 Å². The summed E-state index contributed by atoms with van der Waals surface area (Å²) in [7, 11) is -3.49. The highest BCUT2D eigenvalue weighted by Gasteiger charge is 2.24. The minimum absolute atomic E-state index is 0.00188. The number of sulfonamides is 1. The van der Waals surface area contributed by atoms with Crippen LogP contribution in [-0.2, 0) is 21.4 Å². The van der Waals surface area contributed by atoms with Crippen LogP contribution in [0.2, 0.25) is 0 Å². The van der Waals surface area contributed by atoms with Gasteiger partial charge < -0.3 is 10.3 Å². The van der Waals surface area contributed by atoms with Crippen LogP contribution in [0.25, 0.3) is 56.0 Å². The monoisotopic (exact) mass is 631 g/mol. The molecule has 15 heteroatoms. The molecule has 5 heterocycles. The number of nitrogens with zero attached hydrogens (tertiary/aromatic N) is 5. The number of H-pyrrole nitrogens is 2. The summed E-state index contributed by atoms with van der Waals surface area (Å²) in [5, 5.41) is 10.00. The van der Waals surface area contributed by atoms with Crippen molar-refractivity contribution in [3.8, 4) is 34.0 Å². The number of aromatic amines is 2. The third-order valence-electron chi connectivity index (χ3n) is 6.89. The van der Waals surface area contributed by atoms with Crippen molar-refractivity contribution in [2.45, 2.75) is 27.3 Å². The molecule has 0 fully saturated rings. The van der Waals surface area contributed by atoms with E-state index in [2.05, 4.69) is 45.2 Å². The Labute approximate surface area is 255 Å². The summed E-state index contributed by atoms with van der Waals surface area (Å²) in [4.78, 5) is 33.1. The van der Waals surface area contributed by atoms with Crippen LogP contribution in [0.15, 0.2) is 55.1 Å². The Morgan fingerprint density at radius 3 is 2.51 bits per heavy atom. The second-order valence-corrected chi connectivity index (χ2v) is 13.4. The number of hydrogen-bond donors (Lipinski definition) is 4. The Kier molecular flexibility index (Phi) is 7.37. The van der Waals surface area contributed by atoms with E-state index in [-0.39, 0.29) is 35.1 Å². The molecular formula is C30H27F2N9O3S. The summed E-state index contributed by atoms with van der Waals surface area (Å²) in [5.41, 5.74) is 2.60. The molecule has 0 atom stereocenters. The highest BCUT2D eigenvalue weighted by atomic mass is 32.2. The molecule has 0 spiro atoms. The lowest BCUT2D eigenvalue weighted by atomic mass is 9.95. The van der Waals surface area contributed by atoms with Gasteiger partial charge in [0, 0.05) is 35.5 Å². The van der Waals surface area contributed by atoms with Crippen LogP contribution in [-0.4, -0.2) is 55.7 Å². The number of fused-ring (bicyclic) bond motifs is 2. The molecule has 0 aliphatic rings. The van der Waals surface area contributed by atoms with Crippen LogP contribution in [0.4, 0.5) is 14.5 Å². The van der Waals surface area contributed by atoms with Gasteiger partial charge in [-0.25, -0.2) is 26.9 Å². The molecule has 12 nitrogen and oxygen atoms in total. The second-order valence-electron chi connectivity index (χ2n) is 11.5. The van der Waals surface area contributed by atoms with Crippen molar-refractivity contribution in [1.29, 1.82) is 0 Å². The number of carbonyl (C=O) groups is 1. The highest BCUT2D eigenvalue weighted by molar-refractivity contribution is 7.88. The van der Waals surface area contributed by atoms with E-state index in [1.54, 1.807) is 39.0 Å². The quantitative estimate of drug-likeness (QED) is 0.192. The summed E-state index contributed by atoms with van der Waals surface area (Å²) in [6.45, 7) is 5.23. The highest BCUT2D eigenvalue weighted by Crippen LogP contribution is 2.34. The number of imidazole rings is 1. The van der Waals surface area contributed by atoms with E-state index < -0.39 is 27.1 Å². The standard InChI is InChI=1S/C30H27F2N9O3S/c1-30(2,3)29(42)37-19-10-17(12-33-13-19)24-23(32)22-21(14-35-24)40-41-27(22)28-38-20-5-6-34-25(26(20)39-28)16-7-15(8-18(31)9-16)11-36-45(4,43)44/h5-10,12-14,36H,11H2,1-4H3,(H,37,42)(H,38,39)(H,40,41). The van der Waals surface area contributed by atoms with Gasteiger partial charge in [0.15, 0.2) is 11.6 Å². The SMILES string of the molecule is CC(C)(C)C(=O)Nc1cncc(-c2ncc3[nH]nc(-c4nc5c(-c6cc(F)cc(CNS(C)(=O)=O)c6)nccc5[nH]4)c3c2F)c1. The van der Waals surface area contributed by atoms with E-state index >= 15 is 4.39 Å². The Morgan fingerprint density at radius 1 is 0.956 bits per heavy atom. The lowest BCUT2D eigenvalue weighted by molar-refractivity contribution is -0.123. The molecule has 0 radical (unpaired) electrons. The van der Waals surface area contributed by atoms with Crippen molar-refractivity contribution in [1.82, 2.24) is 39.8 Å². The van der Waals surface area contributed by atoms with Gasteiger partial charge in [-0.1, -0.05) is 20.8 Å². The van der Waals surface area contributed by atoms with Crippen LogP contribution in [0, 0.1) is 17.0 Å². The maximum atomic E-state index is 16.2. The first-order valence-electron chi connectivity index (χ1n) is 13.7. The molecule has 0 saturated heterocycles. The molecule has 0 unspecified atom stereocenters. The Morgan fingerprint density at radius 2 is 1.76 bits per heavy atom. The lowest BCUT2D eigenvalue weighted by Gasteiger charge is -2.17. The molecule has 230 valence electrons. The van der Waals surface area contributed by atoms with Gasteiger partial charge in [-0.3, -0.25) is 24.8 Å². The third kappa shape index (κ3) is 6.12. The van der Waals surface area contributed by atoms with Crippen LogP contribution < -0.4 is 10.0 Å². The summed E-state index contributed by atoms with van der Waals surface area (Å²) in [6.07, 6.45) is 6.89. The second kappa shape index (κ2) is 11.1. The first-order valence-corrected chi connectivity index (χ1v) is 15.5. The molecule has 6 aromatic rings. The number of carbonyl (C=O) groups excluding carboxylic acids is 1. The van der Waals surface area contributed by atoms with Crippen LogP contribution in [0.1, 0.15) is 26.3 Å². The van der Waals surface area contributed by atoms with Crippen molar-refractivity contribution in [3.63, 3.8) is 0 Å². The largest absolute Gasteiger partial charge is 0.336 e. The van der Waals surface area contributed by atoms with Gasteiger partial charge >= 0.3 is 0 Å². The number of nitrogens with one attached hydrogen (secondary N) is 4. The van der Waals surface area contributed by atoms with Crippen molar-refractivity contribution >= 4 is 43.6 Å². The van der Waals surface area contributed by atoms with Crippen molar-refractivity contribution in [2.24, 2.45) is 5.41 Å². The van der Waals surface area contributed by atoms with Gasteiger partial charge in [0.1, 0.15) is 22.7 Å². The molecule has 0 aliphatic heterocycles. The number of halogens is 2. The zero-order valence-electron chi connectivity index (χ0n) is 24.5. The molecule has 6 rings (SSSR count). The van der Waals surface area contributed by atoms with E-state index in [0.717, 1.165) is 6.26 Å². The van der Waals surface area contributed by atoms with Gasteiger partial charge in [0.05, 0.1) is 46.5 Å². The molecule has 4 N–H and O–H groups in total. The molecule has 1 aromatic carbocycles. The summed E-state index contributed by atoms with van der Waals surface area (Å²) in [6, 6.07) is 7.37. The molecule has 0 saturated carbocycles. The Hall–Kier alpha value is -5.15. The first-order chi connectivity index (χ1) is 21.3. The lowest BCUT2D eigenvalue weighted by Crippen LogP contribution is -2.27. The smallest absolute Gasteiger partial charge is 0.229 e. The normalized spacial score (nSPS) is 12.2. The van der Waals surface area contributed by atoms with Crippen molar-refractivity contribution < 1.29 is 22.0 Å². The maximum Gasteiger partial charge on any atom is 0.229 e. The number of aromatic nitrogens is 7. The molecule has 45 heavy (non-hydrogen) atoms. The van der Waals surface area contributed by atoms with Crippen molar-refractivity contribution in [3.05, 3.63) is 72.3 Å². The van der Waals surface area contributed by atoms with E-state index in [4.69, 9.17) is 0 Å². The average Bonchev–Trinajstić information content (AvgIpc) is 3.60. The number of pyridine rings is 3. The Balaban J connectivity index is 1.40. The fraction of sp³-hybridized carbons (Fsp3) is 0.200. The minimum Gasteiger partial charge on any atom is -0.336 e. The molecule has 5 aromatic heterocycles.